The minimum absolute atomic E-state index is 0.423. The first-order chi connectivity index (χ1) is 9.31. The van der Waals surface area contributed by atoms with E-state index < -0.39 is 0 Å². The van der Waals surface area contributed by atoms with Crippen LogP contribution in [-0.2, 0) is 7.05 Å². The quantitative estimate of drug-likeness (QED) is 0.886. The van der Waals surface area contributed by atoms with Gasteiger partial charge in [-0.2, -0.15) is 0 Å². The Balaban J connectivity index is 2.01. The molecule has 2 aromatic rings. The van der Waals surface area contributed by atoms with Gasteiger partial charge in [0.1, 0.15) is 0 Å². The number of hydrogen-bond acceptors (Lipinski definition) is 2. The van der Waals surface area contributed by atoms with Gasteiger partial charge in [0.25, 0.3) is 0 Å². The van der Waals surface area contributed by atoms with Gasteiger partial charge in [0.05, 0.1) is 0 Å². The molecule has 0 radical (unpaired) electrons. The number of hydrogen-bond donors (Lipinski definition) is 2. The van der Waals surface area contributed by atoms with E-state index in [1.807, 2.05) is 0 Å². The fourth-order valence-electron chi connectivity index (χ4n) is 3.40. The second-order valence-corrected chi connectivity index (χ2v) is 5.61. The number of aryl methyl sites for hydroxylation is 1. The number of rotatable bonds is 3. The van der Waals surface area contributed by atoms with Crippen molar-refractivity contribution in [3.05, 3.63) is 36.0 Å². The summed E-state index contributed by atoms with van der Waals surface area (Å²) in [6.07, 6.45) is 6.12. The summed E-state index contributed by atoms with van der Waals surface area (Å²) in [5.41, 5.74) is 8.79. The van der Waals surface area contributed by atoms with Crippen molar-refractivity contribution >= 4 is 10.9 Å². The molecule has 0 aliphatic carbocycles. The third-order valence-electron chi connectivity index (χ3n) is 4.42. The van der Waals surface area contributed by atoms with Crippen molar-refractivity contribution in [2.45, 2.75) is 31.2 Å². The van der Waals surface area contributed by atoms with Crippen molar-refractivity contribution in [2.24, 2.45) is 12.8 Å². The fourth-order valence-corrected chi connectivity index (χ4v) is 3.40. The van der Waals surface area contributed by atoms with E-state index in [0.29, 0.717) is 18.5 Å². The summed E-state index contributed by atoms with van der Waals surface area (Å²) < 4.78 is 2.22. The van der Waals surface area contributed by atoms with E-state index in [4.69, 9.17) is 5.73 Å². The Bertz CT molecular complexity index is 552. The number of nitrogens with zero attached hydrogens (tertiary/aromatic N) is 1. The molecule has 3 heteroatoms. The molecule has 0 amide bonds. The van der Waals surface area contributed by atoms with Gasteiger partial charge in [-0.3, -0.25) is 0 Å². The van der Waals surface area contributed by atoms with Crippen LogP contribution in [0.3, 0.4) is 0 Å². The second kappa shape index (κ2) is 5.35. The maximum atomic E-state index is 6.09. The number of piperidine rings is 1. The first-order valence-electron chi connectivity index (χ1n) is 7.28. The molecule has 1 fully saturated rings. The Kier molecular flexibility index (Phi) is 3.58. The zero-order chi connectivity index (χ0) is 13.2. The van der Waals surface area contributed by atoms with Gasteiger partial charge in [0.2, 0.25) is 0 Å². The number of nitrogens with two attached hydrogens (primary N) is 1. The van der Waals surface area contributed by atoms with Crippen LogP contribution in [-0.4, -0.2) is 23.7 Å². The Hall–Kier alpha value is -1.32. The molecule has 3 N–H and O–H groups in total. The van der Waals surface area contributed by atoms with Crippen molar-refractivity contribution in [3.63, 3.8) is 0 Å². The van der Waals surface area contributed by atoms with Gasteiger partial charge in [-0.25, -0.2) is 0 Å². The fraction of sp³-hybridized carbons (Fsp3) is 0.500. The molecule has 0 spiro atoms. The third-order valence-corrected chi connectivity index (χ3v) is 4.42. The largest absolute Gasteiger partial charge is 0.350 e. The minimum atomic E-state index is 0.423. The zero-order valence-electron chi connectivity index (χ0n) is 11.6. The molecule has 2 atom stereocenters. The number of fused-ring (bicyclic) bond motifs is 1. The lowest BCUT2D eigenvalue weighted by Gasteiger charge is -2.30. The van der Waals surface area contributed by atoms with Gasteiger partial charge in [-0.1, -0.05) is 24.6 Å². The number of aromatic nitrogens is 1. The van der Waals surface area contributed by atoms with E-state index >= 15 is 0 Å². The second-order valence-electron chi connectivity index (χ2n) is 5.61. The summed E-state index contributed by atoms with van der Waals surface area (Å²) in [6.45, 7) is 1.84. The summed E-state index contributed by atoms with van der Waals surface area (Å²) in [5.74, 6) is 0.423. The highest BCUT2D eigenvalue weighted by atomic mass is 14.9. The van der Waals surface area contributed by atoms with E-state index in [9.17, 15) is 0 Å². The number of benzene rings is 1. The Morgan fingerprint density at radius 1 is 1.37 bits per heavy atom. The summed E-state index contributed by atoms with van der Waals surface area (Å²) in [7, 11) is 2.12. The molecule has 0 saturated carbocycles. The standard InChI is InChI=1S/C16H23N3/c1-19-11-14(12-6-2-3-8-16(12)19)13(10-17)15-7-4-5-9-18-15/h2-3,6,8,11,13,15,18H,4-5,7,9-10,17H2,1H3. The zero-order valence-corrected chi connectivity index (χ0v) is 11.6. The van der Waals surface area contributed by atoms with Crippen LogP contribution in [0.15, 0.2) is 30.5 Å². The molecule has 102 valence electrons. The molecule has 1 aromatic heterocycles. The number of nitrogens with one attached hydrogen (secondary N) is 1. The van der Waals surface area contributed by atoms with Crippen molar-refractivity contribution in [3.8, 4) is 0 Å². The van der Waals surface area contributed by atoms with Crippen LogP contribution < -0.4 is 11.1 Å². The lowest BCUT2D eigenvalue weighted by Crippen LogP contribution is -2.41. The lowest BCUT2D eigenvalue weighted by molar-refractivity contribution is 0.353. The van der Waals surface area contributed by atoms with Gasteiger partial charge in [0, 0.05) is 42.7 Å². The summed E-state index contributed by atoms with van der Waals surface area (Å²) in [5, 5.41) is 5.01. The molecule has 1 aliphatic heterocycles. The molecular weight excluding hydrogens is 234 g/mol. The maximum Gasteiger partial charge on any atom is 0.0480 e. The molecule has 1 aromatic carbocycles. The number of para-hydroxylation sites is 1. The molecule has 19 heavy (non-hydrogen) atoms. The van der Waals surface area contributed by atoms with Crippen molar-refractivity contribution < 1.29 is 0 Å². The first-order valence-corrected chi connectivity index (χ1v) is 7.28. The Morgan fingerprint density at radius 2 is 2.21 bits per heavy atom. The molecule has 3 nitrogen and oxygen atoms in total. The van der Waals surface area contributed by atoms with Gasteiger partial charge in [0.15, 0.2) is 0 Å². The monoisotopic (exact) mass is 257 g/mol. The smallest absolute Gasteiger partial charge is 0.0480 e. The van der Waals surface area contributed by atoms with Crippen LogP contribution in [0.5, 0.6) is 0 Å². The van der Waals surface area contributed by atoms with Crippen LogP contribution in [0, 0.1) is 0 Å². The highest BCUT2D eigenvalue weighted by Crippen LogP contribution is 2.31. The van der Waals surface area contributed by atoms with E-state index in [1.54, 1.807) is 0 Å². The van der Waals surface area contributed by atoms with Crippen LogP contribution in [0.4, 0.5) is 0 Å². The van der Waals surface area contributed by atoms with E-state index in [0.717, 1.165) is 6.54 Å². The van der Waals surface area contributed by atoms with E-state index in [2.05, 4.69) is 47.4 Å². The predicted octanol–water partition coefficient (Wildman–Crippen LogP) is 2.36. The molecule has 3 rings (SSSR count). The third kappa shape index (κ3) is 2.28. The van der Waals surface area contributed by atoms with Gasteiger partial charge < -0.3 is 15.6 Å². The van der Waals surface area contributed by atoms with Crippen LogP contribution >= 0.6 is 0 Å². The lowest BCUT2D eigenvalue weighted by atomic mass is 9.86. The van der Waals surface area contributed by atoms with E-state index in [-0.39, 0.29) is 0 Å². The minimum Gasteiger partial charge on any atom is -0.350 e. The molecule has 1 aliphatic rings. The highest BCUT2D eigenvalue weighted by molar-refractivity contribution is 5.84. The predicted molar refractivity (Wildman–Crippen MR) is 80.4 cm³/mol. The molecular formula is C16H23N3. The maximum absolute atomic E-state index is 6.09. The molecule has 1 saturated heterocycles. The normalized spacial score (nSPS) is 21.7. The van der Waals surface area contributed by atoms with Crippen LogP contribution in [0.1, 0.15) is 30.7 Å². The van der Waals surface area contributed by atoms with Crippen LogP contribution in [0.25, 0.3) is 10.9 Å². The average molecular weight is 257 g/mol. The Labute approximate surface area is 114 Å². The first kappa shape index (κ1) is 12.7. The molecule has 2 unspecified atom stereocenters. The van der Waals surface area contributed by atoms with Gasteiger partial charge in [-0.15, -0.1) is 0 Å². The highest BCUT2D eigenvalue weighted by Gasteiger charge is 2.26. The van der Waals surface area contributed by atoms with Crippen molar-refractivity contribution in [2.75, 3.05) is 13.1 Å². The molecule has 2 heterocycles. The average Bonchev–Trinajstić information content (AvgIpc) is 2.79. The van der Waals surface area contributed by atoms with Crippen molar-refractivity contribution in [1.29, 1.82) is 0 Å². The summed E-state index contributed by atoms with van der Waals surface area (Å²) in [4.78, 5) is 0. The summed E-state index contributed by atoms with van der Waals surface area (Å²) in [6, 6.07) is 9.15. The SMILES string of the molecule is Cn1cc(C(CN)C2CCCCN2)c2ccccc21. The Morgan fingerprint density at radius 3 is 2.95 bits per heavy atom. The van der Waals surface area contributed by atoms with Crippen molar-refractivity contribution in [1.82, 2.24) is 9.88 Å². The van der Waals surface area contributed by atoms with Gasteiger partial charge >= 0.3 is 0 Å². The van der Waals surface area contributed by atoms with E-state index in [1.165, 1.54) is 35.7 Å². The van der Waals surface area contributed by atoms with Gasteiger partial charge in [-0.05, 0) is 31.0 Å². The van der Waals surface area contributed by atoms with Crippen LogP contribution in [0.2, 0.25) is 0 Å². The summed E-state index contributed by atoms with van der Waals surface area (Å²) >= 11 is 0. The molecule has 0 bridgehead atoms. The topological polar surface area (TPSA) is 43.0 Å².